The minimum Gasteiger partial charge on any atom is -0.388 e. The second-order valence-corrected chi connectivity index (χ2v) is 3.20. The largest absolute Gasteiger partial charge is 0.388 e. The van der Waals surface area contributed by atoms with Gasteiger partial charge in [-0.25, -0.2) is 0 Å². The average molecular weight is 191 g/mol. The van der Waals surface area contributed by atoms with Gasteiger partial charge in [0.05, 0.1) is 25.4 Å². The monoisotopic (exact) mass is 191 g/mol. The Hall–Kier alpha value is -0.160. The summed E-state index contributed by atoms with van der Waals surface area (Å²) in [7, 11) is 1.60. The van der Waals surface area contributed by atoms with Gasteiger partial charge in [0.1, 0.15) is 12.2 Å². The van der Waals surface area contributed by atoms with E-state index >= 15 is 0 Å². The quantitative estimate of drug-likeness (QED) is 0.644. The summed E-state index contributed by atoms with van der Waals surface area (Å²) in [5.41, 5.74) is 0. The molecule has 0 aliphatic carbocycles. The van der Waals surface area contributed by atoms with E-state index < -0.39 is 12.2 Å². The van der Waals surface area contributed by atoms with Crippen LogP contribution in [0.4, 0.5) is 0 Å². The molecule has 0 radical (unpaired) electrons. The molecule has 0 bridgehead atoms. The summed E-state index contributed by atoms with van der Waals surface area (Å²) in [4.78, 5) is 0. The second kappa shape index (κ2) is 4.91. The van der Waals surface area contributed by atoms with E-state index in [1.165, 1.54) is 0 Å². The Labute approximate surface area is 80.2 Å². The van der Waals surface area contributed by atoms with E-state index in [2.05, 4.69) is 0 Å². The average Bonchev–Trinajstić information content (AvgIpc) is 2.45. The van der Waals surface area contributed by atoms with Gasteiger partial charge in [-0.05, 0) is 13.8 Å². The molecule has 4 nitrogen and oxygen atoms in total. The Kier molecular flexibility index (Phi) is 3.55. The highest BCUT2D eigenvalue weighted by Gasteiger charge is 2.39. The van der Waals surface area contributed by atoms with Crippen molar-refractivity contribution in [2.75, 3.05) is 20.3 Å². The molecule has 78 valence electrons. The summed E-state index contributed by atoms with van der Waals surface area (Å²) in [6, 6.07) is 0. The number of aliphatic hydroxyl groups excluding tert-OH is 1. The van der Waals surface area contributed by atoms with Crippen molar-refractivity contribution in [3.63, 3.8) is 0 Å². The van der Waals surface area contributed by atoms with Crippen LogP contribution in [0, 0.1) is 0 Å². The smallest absolute Gasteiger partial charge is 0.112 e. The SMILES string of the molecule is [2H]C[C@H]1O[C@@H](C)[C@H](OCCOC)[C@@H]1O. The van der Waals surface area contributed by atoms with Crippen LogP contribution in [0.2, 0.25) is 0 Å². The molecule has 0 unspecified atom stereocenters. The zero-order chi connectivity index (χ0) is 10.6. The molecular formula is C9H18O4. The first-order valence-corrected chi connectivity index (χ1v) is 4.44. The summed E-state index contributed by atoms with van der Waals surface area (Å²) in [6.45, 7) is 2.85. The van der Waals surface area contributed by atoms with Gasteiger partial charge in [-0.1, -0.05) is 0 Å². The molecule has 0 aromatic carbocycles. The van der Waals surface area contributed by atoms with E-state index in [-0.39, 0.29) is 19.1 Å². The molecule has 1 heterocycles. The minimum atomic E-state index is -0.695. The summed E-state index contributed by atoms with van der Waals surface area (Å²) >= 11 is 0. The van der Waals surface area contributed by atoms with Crippen molar-refractivity contribution < 1.29 is 20.7 Å². The lowest BCUT2D eigenvalue weighted by atomic mass is 10.1. The highest BCUT2D eigenvalue weighted by atomic mass is 16.6. The van der Waals surface area contributed by atoms with Crippen LogP contribution in [0.3, 0.4) is 0 Å². The molecule has 0 aromatic heterocycles. The molecule has 1 saturated heterocycles. The Morgan fingerprint density at radius 2 is 2.23 bits per heavy atom. The van der Waals surface area contributed by atoms with Gasteiger partial charge in [-0.15, -0.1) is 0 Å². The van der Waals surface area contributed by atoms with Crippen molar-refractivity contribution in [3.8, 4) is 0 Å². The van der Waals surface area contributed by atoms with E-state index in [0.29, 0.717) is 13.2 Å². The van der Waals surface area contributed by atoms with E-state index in [1.807, 2.05) is 6.92 Å². The van der Waals surface area contributed by atoms with Crippen molar-refractivity contribution >= 4 is 0 Å². The van der Waals surface area contributed by atoms with E-state index in [4.69, 9.17) is 15.6 Å². The number of hydrogen-bond donors (Lipinski definition) is 1. The van der Waals surface area contributed by atoms with Crippen molar-refractivity contribution in [3.05, 3.63) is 0 Å². The molecule has 1 N–H and O–H groups in total. The second-order valence-electron chi connectivity index (χ2n) is 3.20. The first kappa shape index (κ1) is 9.40. The van der Waals surface area contributed by atoms with E-state index in [1.54, 1.807) is 7.11 Å². The van der Waals surface area contributed by atoms with Crippen LogP contribution < -0.4 is 0 Å². The topological polar surface area (TPSA) is 47.9 Å². The Morgan fingerprint density at radius 1 is 1.46 bits per heavy atom. The Balaban J connectivity index is 2.36. The van der Waals surface area contributed by atoms with Crippen molar-refractivity contribution in [2.24, 2.45) is 0 Å². The molecule has 4 heteroatoms. The lowest BCUT2D eigenvalue weighted by Crippen LogP contribution is -2.34. The van der Waals surface area contributed by atoms with Crippen molar-refractivity contribution in [1.29, 1.82) is 0 Å². The van der Waals surface area contributed by atoms with Gasteiger partial charge in [0.25, 0.3) is 0 Å². The van der Waals surface area contributed by atoms with Crippen LogP contribution in [0.5, 0.6) is 0 Å². The van der Waals surface area contributed by atoms with Crippen LogP contribution in [0.25, 0.3) is 0 Å². The molecule has 4 atom stereocenters. The molecular weight excluding hydrogens is 172 g/mol. The highest BCUT2D eigenvalue weighted by Crippen LogP contribution is 2.22. The minimum absolute atomic E-state index is 0.0651. The maximum atomic E-state index is 9.71. The fourth-order valence-electron chi connectivity index (χ4n) is 1.42. The number of aliphatic hydroxyl groups is 1. The third kappa shape index (κ3) is 2.64. The van der Waals surface area contributed by atoms with Crippen LogP contribution in [0.1, 0.15) is 15.2 Å². The zero-order valence-corrected chi connectivity index (χ0v) is 8.10. The highest BCUT2D eigenvalue weighted by molar-refractivity contribution is 4.87. The standard InChI is InChI=1S/C9H18O4/c1-6-8(10)9(7(2)13-6)12-5-4-11-3/h6-10H,4-5H2,1-3H3/t6-,7+,8-,9+/m1/s1/i1D. The van der Waals surface area contributed by atoms with Gasteiger partial charge in [0.2, 0.25) is 0 Å². The van der Waals surface area contributed by atoms with Gasteiger partial charge < -0.3 is 19.3 Å². The summed E-state index contributed by atoms with van der Waals surface area (Å²) < 4.78 is 22.8. The lowest BCUT2D eigenvalue weighted by Gasteiger charge is -2.17. The van der Waals surface area contributed by atoms with Gasteiger partial charge >= 0.3 is 0 Å². The zero-order valence-electron chi connectivity index (χ0n) is 9.10. The van der Waals surface area contributed by atoms with Crippen LogP contribution in [-0.4, -0.2) is 49.8 Å². The van der Waals surface area contributed by atoms with Crippen LogP contribution in [-0.2, 0) is 14.2 Å². The fourth-order valence-corrected chi connectivity index (χ4v) is 1.42. The fraction of sp³-hybridized carbons (Fsp3) is 1.00. The van der Waals surface area contributed by atoms with Crippen molar-refractivity contribution in [2.45, 2.75) is 38.2 Å². The molecule has 0 aromatic rings. The molecule has 0 saturated carbocycles. The molecule has 0 spiro atoms. The van der Waals surface area contributed by atoms with Crippen molar-refractivity contribution in [1.82, 2.24) is 0 Å². The maximum Gasteiger partial charge on any atom is 0.112 e. The predicted octanol–water partition coefficient (Wildman–Crippen LogP) is 0.186. The molecule has 1 aliphatic heterocycles. The third-order valence-corrected chi connectivity index (χ3v) is 2.17. The first-order chi connectivity index (χ1) is 6.70. The van der Waals surface area contributed by atoms with Gasteiger partial charge in [-0.3, -0.25) is 0 Å². The predicted molar refractivity (Wildman–Crippen MR) is 47.6 cm³/mol. The summed E-state index contributed by atoms with van der Waals surface area (Å²) in [5, 5.41) is 9.71. The van der Waals surface area contributed by atoms with Gasteiger partial charge in [0.15, 0.2) is 0 Å². The molecule has 1 aliphatic rings. The molecule has 1 rings (SSSR count). The third-order valence-electron chi connectivity index (χ3n) is 2.17. The number of rotatable bonds is 4. The Bertz CT molecular complexity index is 167. The summed E-state index contributed by atoms with van der Waals surface area (Å²) in [5.74, 6) is 0. The lowest BCUT2D eigenvalue weighted by molar-refractivity contribution is -0.0476. The number of ether oxygens (including phenoxy) is 3. The summed E-state index contributed by atoms with van der Waals surface area (Å²) in [6.07, 6.45) is -1.60. The molecule has 1 fully saturated rings. The molecule has 0 amide bonds. The normalized spacial score (nSPS) is 40.7. The van der Waals surface area contributed by atoms with Gasteiger partial charge in [-0.2, -0.15) is 0 Å². The van der Waals surface area contributed by atoms with Crippen LogP contribution in [0.15, 0.2) is 0 Å². The van der Waals surface area contributed by atoms with Crippen LogP contribution >= 0.6 is 0 Å². The molecule has 13 heavy (non-hydrogen) atoms. The van der Waals surface area contributed by atoms with E-state index in [9.17, 15) is 5.11 Å². The maximum absolute atomic E-state index is 9.71. The Morgan fingerprint density at radius 3 is 2.77 bits per heavy atom. The number of methoxy groups -OCH3 is 1. The first-order valence-electron chi connectivity index (χ1n) is 5.14. The van der Waals surface area contributed by atoms with Gasteiger partial charge in [0, 0.05) is 8.48 Å². The number of hydrogen-bond acceptors (Lipinski definition) is 4. The van der Waals surface area contributed by atoms with E-state index in [0.717, 1.165) is 0 Å².